The number of nitrogens with one attached hydrogen (secondary N) is 1. The summed E-state index contributed by atoms with van der Waals surface area (Å²) in [6.07, 6.45) is 0.333. The highest BCUT2D eigenvalue weighted by Crippen LogP contribution is 2.14. The van der Waals surface area contributed by atoms with Crippen molar-refractivity contribution in [1.82, 2.24) is 9.88 Å². The second-order valence-electron chi connectivity index (χ2n) is 4.23. The molecular weight excluding hydrogens is 248 g/mol. The van der Waals surface area contributed by atoms with Gasteiger partial charge in [0.15, 0.2) is 5.58 Å². The lowest BCUT2D eigenvalue weighted by Crippen LogP contribution is -2.18. The third-order valence-corrected chi connectivity index (χ3v) is 2.92. The smallest absolute Gasteiger partial charge is 0.419 e. The van der Waals surface area contributed by atoms with Crippen molar-refractivity contribution >= 4 is 17.1 Å². The second-order valence-corrected chi connectivity index (χ2v) is 4.23. The van der Waals surface area contributed by atoms with Crippen LogP contribution in [0.25, 0.3) is 11.1 Å². The number of carbonyl (C=O) groups is 1. The van der Waals surface area contributed by atoms with Gasteiger partial charge in [0.25, 0.3) is 0 Å². The largest absolute Gasteiger partial charge is 0.469 e. The highest BCUT2D eigenvalue weighted by molar-refractivity contribution is 5.73. The van der Waals surface area contributed by atoms with Crippen LogP contribution in [-0.2, 0) is 23.1 Å². The third kappa shape index (κ3) is 3.03. The minimum Gasteiger partial charge on any atom is -0.469 e. The molecule has 0 spiro atoms. The molecule has 0 unspecified atom stereocenters. The Kier molecular flexibility index (Phi) is 4.01. The van der Waals surface area contributed by atoms with Gasteiger partial charge in [-0.25, -0.2) is 4.79 Å². The van der Waals surface area contributed by atoms with Gasteiger partial charge >= 0.3 is 11.7 Å². The van der Waals surface area contributed by atoms with E-state index in [-0.39, 0.29) is 11.7 Å². The maximum Gasteiger partial charge on any atom is 0.419 e. The Bertz CT molecular complexity index is 642. The van der Waals surface area contributed by atoms with Crippen molar-refractivity contribution < 1.29 is 13.9 Å². The van der Waals surface area contributed by atoms with Crippen LogP contribution >= 0.6 is 0 Å². The number of benzene rings is 1. The van der Waals surface area contributed by atoms with Crippen LogP contribution in [0.3, 0.4) is 0 Å². The predicted octanol–water partition coefficient (Wildman–Crippen LogP) is 0.784. The lowest BCUT2D eigenvalue weighted by molar-refractivity contribution is -0.140. The molecule has 0 aliphatic carbocycles. The number of hydrogen-bond acceptors (Lipinski definition) is 5. The van der Waals surface area contributed by atoms with Crippen molar-refractivity contribution in [3.05, 3.63) is 34.3 Å². The molecule has 0 radical (unpaired) electrons. The summed E-state index contributed by atoms with van der Waals surface area (Å²) in [5.74, 6) is -0.609. The summed E-state index contributed by atoms with van der Waals surface area (Å²) in [5, 5.41) is 3.13. The number of rotatable bonds is 5. The lowest BCUT2D eigenvalue weighted by atomic mass is 10.2. The van der Waals surface area contributed by atoms with Crippen molar-refractivity contribution in [3.8, 4) is 0 Å². The molecule has 0 saturated heterocycles. The molecule has 0 atom stereocenters. The molecule has 2 aromatic rings. The van der Waals surface area contributed by atoms with Crippen molar-refractivity contribution in [2.75, 3.05) is 13.7 Å². The highest BCUT2D eigenvalue weighted by atomic mass is 16.5. The molecule has 1 aromatic heterocycles. The summed E-state index contributed by atoms with van der Waals surface area (Å²) >= 11 is 0. The molecule has 0 bridgehead atoms. The number of fused-ring (bicyclic) bond motifs is 1. The van der Waals surface area contributed by atoms with Gasteiger partial charge in [-0.3, -0.25) is 9.36 Å². The normalized spacial score (nSPS) is 10.8. The Morgan fingerprint density at radius 3 is 3.00 bits per heavy atom. The maximum absolute atomic E-state index is 11.3. The highest BCUT2D eigenvalue weighted by Gasteiger charge is 2.06. The summed E-state index contributed by atoms with van der Waals surface area (Å²) < 4.78 is 11.1. The van der Waals surface area contributed by atoms with Gasteiger partial charge in [-0.1, -0.05) is 6.07 Å². The molecule has 0 amide bonds. The number of hydrogen-bond donors (Lipinski definition) is 1. The van der Waals surface area contributed by atoms with Crippen LogP contribution in [-0.4, -0.2) is 24.2 Å². The molecule has 1 heterocycles. The summed E-state index contributed by atoms with van der Waals surface area (Å²) in [5.41, 5.74) is 2.33. The first-order valence-corrected chi connectivity index (χ1v) is 5.98. The first kappa shape index (κ1) is 13.4. The average Bonchev–Trinajstić information content (AvgIpc) is 2.69. The average molecular weight is 264 g/mol. The van der Waals surface area contributed by atoms with Crippen LogP contribution in [0, 0.1) is 0 Å². The van der Waals surface area contributed by atoms with Gasteiger partial charge in [-0.2, -0.15) is 0 Å². The van der Waals surface area contributed by atoms with Crippen LogP contribution in [0.1, 0.15) is 12.0 Å². The van der Waals surface area contributed by atoms with E-state index in [1.165, 1.54) is 11.7 Å². The van der Waals surface area contributed by atoms with Gasteiger partial charge in [0.05, 0.1) is 19.0 Å². The second kappa shape index (κ2) is 5.71. The molecule has 102 valence electrons. The molecule has 0 fully saturated rings. The topological polar surface area (TPSA) is 73.5 Å². The Morgan fingerprint density at radius 2 is 2.26 bits per heavy atom. The van der Waals surface area contributed by atoms with Gasteiger partial charge in [0, 0.05) is 20.1 Å². The van der Waals surface area contributed by atoms with Crippen LogP contribution in [0.5, 0.6) is 0 Å². The molecular formula is C13H16N2O4. The number of esters is 1. The van der Waals surface area contributed by atoms with Crippen molar-refractivity contribution in [2.24, 2.45) is 7.05 Å². The Balaban J connectivity index is 1.98. The van der Waals surface area contributed by atoms with Gasteiger partial charge < -0.3 is 14.5 Å². The Hall–Kier alpha value is -2.08. The van der Waals surface area contributed by atoms with Gasteiger partial charge in [-0.05, 0) is 17.7 Å². The van der Waals surface area contributed by atoms with Crippen LogP contribution in [0.4, 0.5) is 0 Å². The minimum absolute atomic E-state index is 0.239. The number of ether oxygens (including phenoxy) is 1. The minimum atomic E-state index is -0.370. The zero-order chi connectivity index (χ0) is 13.8. The SMILES string of the molecule is COC(=O)CCNCc1ccc2c(c1)oc(=O)n2C. The number of carbonyl (C=O) groups excluding carboxylic acids is 1. The zero-order valence-electron chi connectivity index (χ0n) is 10.9. The lowest BCUT2D eigenvalue weighted by Gasteiger charge is -2.04. The molecule has 6 heteroatoms. The van der Waals surface area contributed by atoms with Crippen molar-refractivity contribution in [2.45, 2.75) is 13.0 Å². The fourth-order valence-electron chi connectivity index (χ4n) is 1.81. The van der Waals surface area contributed by atoms with E-state index in [0.29, 0.717) is 25.1 Å². The number of oxazole rings is 1. The van der Waals surface area contributed by atoms with E-state index in [2.05, 4.69) is 10.1 Å². The van der Waals surface area contributed by atoms with E-state index in [1.54, 1.807) is 7.05 Å². The maximum atomic E-state index is 11.3. The first-order valence-electron chi connectivity index (χ1n) is 5.98. The quantitative estimate of drug-likeness (QED) is 0.638. The number of nitrogens with zero attached hydrogens (tertiary/aromatic N) is 1. The van der Waals surface area contributed by atoms with Crippen molar-refractivity contribution in [3.63, 3.8) is 0 Å². The molecule has 2 rings (SSSR count). The Labute approximate surface area is 110 Å². The fraction of sp³-hybridized carbons (Fsp3) is 0.385. The molecule has 0 aliphatic heterocycles. The van der Waals surface area contributed by atoms with E-state index >= 15 is 0 Å². The summed E-state index contributed by atoms with van der Waals surface area (Å²) in [6, 6.07) is 5.59. The number of aryl methyl sites for hydroxylation is 1. The summed E-state index contributed by atoms with van der Waals surface area (Å²) in [6.45, 7) is 1.15. The molecule has 0 aliphatic rings. The van der Waals surface area contributed by atoms with Crippen LogP contribution < -0.4 is 11.1 Å². The predicted molar refractivity (Wildman–Crippen MR) is 69.8 cm³/mol. The van der Waals surface area contributed by atoms with E-state index in [0.717, 1.165) is 11.1 Å². The monoisotopic (exact) mass is 264 g/mol. The Morgan fingerprint density at radius 1 is 1.47 bits per heavy atom. The molecule has 6 nitrogen and oxygen atoms in total. The fourth-order valence-corrected chi connectivity index (χ4v) is 1.81. The molecule has 0 saturated carbocycles. The zero-order valence-corrected chi connectivity index (χ0v) is 10.9. The molecule has 1 aromatic carbocycles. The number of aromatic nitrogens is 1. The molecule has 1 N–H and O–H groups in total. The summed E-state index contributed by atoms with van der Waals surface area (Å²) in [7, 11) is 3.04. The van der Waals surface area contributed by atoms with Crippen molar-refractivity contribution in [1.29, 1.82) is 0 Å². The van der Waals surface area contributed by atoms with Gasteiger partial charge in [0.1, 0.15) is 0 Å². The van der Waals surface area contributed by atoms with Gasteiger partial charge in [-0.15, -0.1) is 0 Å². The first-order chi connectivity index (χ1) is 9.11. The van der Waals surface area contributed by atoms with E-state index in [1.807, 2.05) is 18.2 Å². The molecule has 19 heavy (non-hydrogen) atoms. The van der Waals surface area contributed by atoms with E-state index in [9.17, 15) is 9.59 Å². The number of methoxy groups -OCH3 is 1. The van der Waals surface area contributed by atoms with Crippen LogP contribution in [0.15, 0.2) is 27.4 Å². The van der Waals surface area contributed by atoms with E-state index in [4.69, 9.17) is 4.42 Å². The third-order valence-electron chi connectivity index (χ3n) is 2.92. The summed E-state index contributed by atoms with van der Waals surface area (Å²) in [4.78, 5) is 22.3. The van der Waals surface area contributed by atoms with Crippen LogP contribution in [0.2, 0.25) is 0 Å². The van der Waals surface area contributed by atoms with E-state index < -0.39 is 0 Å². The standard InChI is InChI=1S/C13H16N2O4/c1-15-10-4-3-9(7-11(10)19-13(15)17)8-14-6-5-12(16)18-2/h3-4,7,14H,5-6,8H2,1-2H3. The van der Waals surface area contributed by atoms with Gasteiger partial charge in [0.2, 0.25) is 0 Å².